The Balaban J connectivity index is 1.87. The van der Waals surface area contributed by atoms with Crippen molar-refractivity contribution in [3.8, 4) is 0 Å². The third kappa shape index (κ3) is 2.46. The number of fused-ring (bicyclic) bond motifs is 1. The fourth-order valence-electron chi connectivity index (χ4n) is 2.52. The number of thioether (sulfide) groups is 2. The Morgan fingerprint density at radius 1 is 1.45 bits per heavy atom. The Labute approximate surface area is 129 Å². The fraction of sp³-hybridized carbons (Fsp3) is 0.538. The second-order valence-electron chi connectivity index (χ2n) is 4.86. The molecular weight excluding hydrogens is 314 g/mol. The van der Waals surface area contributed by atoms with Crippen LogP contribution in [0.4, 0.5) is 0 Å². The van der Waals surface area contributed by atoms with Gasteiger partial charge >= 0.3 is 5.97 Å². The van der Waals surface area contributed by atoms with Crippen molar-refractivity contribution in [2.75, 3.05) is 11.5 Å². The van der Waals surface area contributed by atoms with Crippen LogP contribution in [0.1, 0.15) is 27.0 Å². The van der Waals surface area contributed by atoms with Gasteiger partial charge in [-0.25, -0.2) is 4.79 Å². The molecule has 3 rings (SSSR count). The van der Waals surface area contributed by atoms with Gasteiger partial charge in [0.2, 0.25) is 0 Å². The van der Waals surface area contributed by atoms with Crippen LogP contribution in [0.3, 0.4) is 0 Å². The average molecular weight is 329 g/mol. The van der Waals surface area contributed by atoms with E-state index in [0.29, 0.717) is 10.6 Å². The van der Waals surface area contributed by atoms with Crippen molar-refractivity contribution in [1.82, 2.24) is 4.90 Å². The largest absolute Gasteiger partial charge is 0.480 e. The van der Waals surface area contributed by atoms with E-state index in [-0.39, 0.29) is 11.3 Å². The van der Waals surface area contributed by atoms with Crippen molar-refractivity contribution in [1.29, 1.82) is 0 Å². The van der Waals surface area contributed by atoms with E-state index in [4.69, 9.17) is 0 Å². The first-order valence-corrected chi connectivity index (χ1v) is 9.46. The van der Waals surface area contributed by atoms with Crippen LogP contribution in [0.5, 0.6) is 0 Å². The molecule has 108 valence electrons. The minimum atomic E-state index is -0.910. The van der Waals surface area contributed by atoms with Crippen molar-refractivity contribution >= 4 is 46.7 Å². The molecule has 2 atom stereocenters. The highest BCUT2D eigenvalue weighted by molar-refractivity contribution is 8.00. The number of carboxylic acid groups (broad SMARTS) is 1. The molecule has 1 fully saturated rings. The fourth-order valence-corrected chi connectivity index (χ4v) is 6.00. The smallest absolute Gasteiger partial charge is 0.327 e. The highest BCUT2D eigenvalue weighted by Gasteiger charge is 2.40. The topological polar surface area (TPSA) is 57.6 Å². The molecule has 2 aliphatic rings. The number of rotatable bonds is 2. The van der Waals surface area contributed by atoms with Gasteiger partial charge in [-0.2, -0.15) is 11.8 Å². The lowest BCUT2D eigenvalue weighted by Gasteiger charge is -2.24. The number of carbonyl (C=O) groups is 2. The van der Waals surface area contributed by atoms with Gasteiger partial charge in [0, 0.05) is 16.4 Å². The lowest BCUT2D eigenvalue weighted by Crippen LogP contribution is -2.44. The van der Waals surface area contributed by atoms with Gasteiger partial charge in [0.15, 0.2) is 0 Å². The van der Waals surface area contributed by atoms with E-state index >= 15 is 0 Å². The maximum Gasteiger partial charge on any atom is 0.327 e. The maximum absolute atomic E-state index is 12.6. The van der Waals surface area contributed by atoms with Crippen LogP contribution in [-0.4, -0.2) is 44.8 Å². The third-order valence-electron chi connectivity index (χ3n) is 3.58. The van der Waals surface area contributed by atoms with E-state index in [9.17, 15) is 14.7 Å². The van der Waals surface area contributed by atoms with Gasteiger partial charge in [-0.3, -0.25) is 4.79 Å². The highest BCUT2D eigenvalue weighted by Crippen LogP contribution is 2.35. The average Bonchev–Trinajstić information content (AvgIpc) is 3.01. The van der Waals surface area contributed by atoms with Gasteiger partial charge < -0.3 is 10.0 Å². The molecule has 1 amide bonds. The number of nitrogens with zero attached hydrogens (tertiary/aromatic N) is 1. The molecule has 2 aliphatic heterocycles. The molecule has 1 aromatic heterocycles. The van der Waals surface area contributed by atoms with Crippen LogP contribution in [0.15, 0.2) is 6.07 Å². The molecule has 0 saturated carbocycles. The second kappa shape index (κ2) is 5.61. The molecule has 4 nitrogen and oxygen atoms in total. The quantitative estimate of drug-likeness (QED) is 0.903. The predicted molar refractivity (Wildman–Crippen MR) is 83.7 cm³/mol. The summed E-state index contributed by atoms with van der Waals surface area (Å²) in [5.41, 5.74) is 1.25. The molecule has 3 heterocycles. The minimum Gasteiger partial charge on any atom is -0.480 e. The predicted octanol–water partition coefficient (Wildman–Crippen LogP) is 2.53. The Bertz CT molecular complexity index is 534. The molecule has 7 heteroatoms. The summed E-state index contributed by atoms with van der Waals surface area (Å²) in [6.45, 7) is 1.90. The van der Waals surface area contributed by atoms with Gasteiger partial charge in [0.25, 0.3) is 5.91 Å². The first-order valence-electron chi connectivity index (χ1n) is 6.44. The molecule has 1 N–H and O–H groups in total. The summed E-state index contributed by atoms with van der Waals surface area (Å²) >= 11 is 4.95. The van der Waals surface area contributed by atoms with Crippen LogP contribution < -0.4 is 0 Å². The van der Waals surface area contributed by atoms with Crippen LogP contribution in [0.25, 0.3) is 0 Å². The molecule has 0 aliphatic carbocycles. The number of carboxylic acids is 1. The second-order valence-corrected chi connectivity index (χ2v) is 8.45. The molecule has 0 spiro atoms. The van der Waals surface area contributed by atoms with Gasteiger partial charge in [-0.15, -0.1) is 23.1 Å². The Morgan fingerprint density at radius 3 is 2.95 bits per heavy atom. The van der Waals surface area contributed by atoms with Crippen molar-refractivity contribution in [3.63, 3.8) is 0 Å². The molecule has 1 saturated heterocycles. The third-order valence-corrected chi connectivity index (χ3v) is 7.03. The molecule has 1 aromatic rings. The van der Waals surface area contributed by atoms with E-state index in [2.05, 4.69) is 0 Å². The highest BCUT2D eigenvalue weighted by atomic mass is 32.2. The molecule has 0 radical (unpaired) electrons. The van der Waals surface area contributed by atoms with Gasteiger partial charge in [0.05, 0.1) is 10.3 Å². The number of hydrogen-bond acceptors (Lipinski definition) is 5. The van der Waals surface area contributed by atoms with E-state index in [1.807, 2.05) is 24.8 Å². The molecule has 0 aromatic carbocycles. The van der Waals surface area contributed by atoms with Crippen LogP contribution in [0, 0.1) is 0 Å². The summed E-state index contributed by atoms with van der Waals surface area (Å²) in [7, 11) is 0. The van der Waals surface area contributed by atoms with Crippen LogP contribution >= 0.6 is 34.9 Å². The SMILES string of the molecule is CC1SCC(C(=O)O)N1C(=O)c1cc2c(s1)CCSC2. The van der Waals surface area contributed by atoms with Gasteiger partial charge in [0.1, 0.15) is 6.04 Å². The summed E-state index contributed by atoms with van der Waals surface area (Å²) < 4.78 is 0. The van der Waals surface area contributed by atoms with E-state index < -0.39 is 12.0 Å². The monoisotopic (exact) mass is 329 g/mol. The number of carbonyl (C=O) groups excluding carboxylic acids is 1. The summed E-state index contributed by atoms with van der Waals surface area (Å²) in [5, 5.41) is 9.18. The Hall–Kier alpha value is -0.660. The van der Waals surface area contributed by atoms with E-state index in [0.717, 1.165) is 17.9 Å². The Kier molecular flexibility index (Phi) is 4.01. The lowest BCUT2D eigenvalue weighted by molar-refractivity contribution is -0.141. The minimum absolute atomic E-state index is 0.0721. The maximum atomic E-state index is 12.6. The van der Waals surface area contributed by atoms with Crippen molar-refractivity contribution < 1.29 is 14.7 Å². The van der Waals surface area contributed by atoms with Crippen molar-refractivity contribution in [2.45, 2.75) is 30.5 Å². The molecular formula is C13H15NO3S3. The molecule has 20 heavy (non-hydrogen) atoms. The lowest BCUT2D eigenvalue weighted by atomic mass is 10.2. The van der Waals surface area contributed by atoms with Crippen molar-refractivity contribution in [3.05, 3.63) is 21.4 Å². The summed E-state index contributed by atoms with van der Waals surface area (Å²) in [4.78, 5) is 27.4. The number of thiophene rings is 1. The molecule has 2 unspecified atom stereocenters. The zero-order chi connectivity index (χ0) is 14.3. The number of hydrogen-bond donors (Lipinski definition) is 1. The van der Waals surface area contributed by atoms with E-state index in [1.54, 1.807) is 0 Å². The first-order chi connectivity index (χ1) is 9.58. The first kappa shape index (κ1) is 14.3. The Morgan fingerprint density at radius 2 is 2.25 bits per heavy atom. The van der Waals surface area contributed by atoms with Crippen molar-refractivity contribution in [2.24, 2.45) is 0 Å². The van der Waals surface area contributed by atoms with Gasteiger partial charge in [-0.05, 0) is 30.7 Å². The summed E-state index contributed by atoms with van der Waals surface area (Å²) in [6.07, 6.45) is 1.02. The summed E-state index contributed by atoms with van der Waals surface area (Å²) in [6, 6.07) is 1.26. The van der Waals surface area contributed by atoms with E-state index in [1.165, 1.54) is 38.4 Å². The summed E-state index contributed by atoms with van der Waals surface area (Å²) in [5.74, 6) is 1.51. The zero-order valence-electron chi connectivity index (χ0n) is 11.0. The zero-order valence-corrected chi connectivity index (χ0v) is 13.4. The molecule has 0 bridgehead atoms. The number of amides is 1. The number of aliphatic carboxylic acids is 1. The van der Waals surface area contributed by atoms with Crippen LogP contribution in [0.2, 0.25) is 0 Å². The standard InChI is InChI=1S/C13H15NO3S3/c1-7-14(9(6-19-7)13(16)17)12(15)11-4-8-5-18-3-2-10(8)20-11/h4,7,9H,2-3,5-6H2,1H3,(H,16,17). The number of aryl methyl sites for hydroxylation is 1. The normalized spacial score (nSPS) is 25.6. The van der Waals surface area contributed by atoms with Crippen LogP contribution in [-0.2, 0) is 17.0 Å². The van der Waals surface area contributed by atoms with Gasteiger partial charge in [-0.1, -0.05) is 0 Å².